The largest absolute Gasteiger partial charge is 0.399 e. The summed E-state index contributed by atoms with van der Waals surface area (Å²) in [7, 11) is 0. The van der Waals surface area contributed by atoms with Gasteiger partial charge in [-0.15, -0.1) is 0 Å². The van der Waals surface area contributed by atoms with E-state index in [9.17, 15) is 8.78 Å². The van der Waals surface area contributed by atoms with E-state index in [1.807, 2.05) is 13.8 Å². The number of nitrogen functional groups attached to an aromatic ring is 1. The fraction of sp³-hybridized carbons (Fsp3) is 0.538. The quantitative estimate of drug-likeness (QED) is 0.759. The smallest absolute Gasteiger partial charge is 0.265 e. The zero-order valence-corrected chi connectivity index (χ0v) is 10.6. The number of hydrogen-bond acceptors (Lipinski definition) is 2. The van der Waals surface area contributed by atoms with Crippen LogP contribution in [0, 0.1) is 0 Å². The Labute approximate surface area is 101 Å². The van der Waals surface area contributed by atoms with Crippen LogP contribution in [0.3, 0.4) is 0 Å². The van der Waals surface area contributed by atoms with Crippen LogP contribution in [0.15, 0.2) is 18.2 Å². The zero-order valence-electron chi connectivity index (χ0n) is 10.6. The molecule has 0 atom stereocenters. The van der Waals surface area contributed by atoms with Crippen molar-refractivity contribution in [2.75, 3.05) is 11.1 Å². The molecule has 0 spiro atoms. The number of rotatable bonds is 5. The first-order chi connectivity index (χ1) is 7.85. The van der Waals surface area contributed by atoms with Gasteiger partial charge in [0.1, 0.15) is 0 Å². The van der Waals surface area contributed by atoms with Crippen molar-refractivity contribution in [2.45, 2.75) is 45.6 Å². The molecule has 0 saturated carbocycles. The third-order valence-electron chi connectivity index (χ3n) is 2.66. The minimum atomic E-state index is -2.52. The molecule has 1 aromatic rings. The Bertz CT molecular complexity index is 376. The van der Waals surface area contributed by atoms with Gasteiger partial charge in [0.05, 0.1) is 0 Å². The summed E-state index contributed by atoms with van der Waals surface area (Å²) in [6, 6.07) is 4.58. The fourth-order valence-electron chi connectivity index (χ4n) is 1.93. The van der Waals surface area contributed by atoms with Crippen molar-refractivity contribution in [1.29, 1.82) is 0 Å². The number of nitrogens with two attached hydrogens (primary N) is 1. The van der Waals surface area contributed by atoms with Gasteiger partial charge in [-0.1, -0.05) is 13.3 Å². The van der Waals surface area contributed by atoms with Crippen molar-refractivity contribution in [3.8, 4) is 0 Å². The van der Waals surface area contributed by atoms with Gasteiger partial charge in [-0.05, 0) is 38.5 Å². The van der Waals surface area contributed by atoms with Gasteiger partial charge in [0.15, 0.2) is 0 Å². The molecular formula is C13H20F2N2. The maximum atomic E-state index is 12.9. The molecule has 2 nitrogen and oxygen atoms in total. The second-order valence-corrected chi connectivity index (χ2v) is 4.91. The van der Waals surface area contributed by atoms with Crippen LogP contribution in [0.4, 0.5) is 20.2 Å². The highest BCUT2D eigenvalue weighted by Crippen LogP contribution is 2.31. The molecular weight excluding hydrogens is 222 g/mol. The molecule has 17 heavy (non-hydrogen) atoms. The van der Waals surface area contributed by atoms with Crippen LogP contribution in [0.25, 0.3) is 0 Å². The first-order valence-electron chi connectivity index (χ1n) is 5.81. The monoisotopic (exact) mass is 242 g/mol. The highest BCUT2D eigenvalue weighted by molar-refractivity contribution is 5.59. The summed E-state index contributed by atoms with van der Waals surface area (Å²) in [5.74, 6) is 0. The number of hydrogen-bond donors (Lipinski definition) is 2. The van der Waals surface area contributed by atoms with E-state index in [1.54, 1.807) is 12.1 Å². The third kappa shape index (κ3) is 3.88. The third-order valence-corrected chi connectivity index (χ3v) is 2.66. The van der Waals surface area contributed by atoms with Crippen molar-refractivity contribution in [1.82, 2.24) is 0 Å². The molecule has 3 N–H and O–H groups in total. The Hall–Kier alpha value is -1.32. The van der Waals surface area contributed by atoms with Crippen LogP contribution in [0.1, 0.15) is 45.6 Å². The zero-order chi connectivity index (χ0) is 13.1. The van der Waals surface area contributed by atoms with Crippen molar-refractivity contribution < 1.29 is 8.78 Å². The molecule has 96 valence electrons. The summed E-state index contributed by atoms with van der Waals surface area (Å²) >= 11 is 0. The number of halogens is 2. The molecule has 4 heteroatoms. The molecule has 0 aliphatic heterocycles. The lowest BCUT2D eigenvalue weighted by Gasteiger charge is -2.28. The number of alkyl halides is 2. The molecule has 0 aromatic heterocycles. The van der Waals surface area contributed by atoms with Crippen LogP contribution in [-0.2, 0) is 0 Å². The average molecular weight is 242 g/mol. The molecule has 0 unspecified atom stereocenters. The van der Waals surface area contributed by atoms with E-state index in [0.717, 1.165) is 12.8 Å². The van der Waals surface area contributed by atoms with Crippen LogP contribution in [0.5, 0.6) is 0 Å². The van der Waals surface area contributed by atoms with Gasteiger partial charge < -0.3 is 11.1 Å². The Morgan fingerprint density at radius 2 is 2.00 bits per heavy atom. The van der Waals surface area contributed by atoms with Gasteiger partial charge in [0.2, 0.25) is 0 Å². The van der Waals surface area contributed by atoms with Crippen molar-refractivity contribution in [3.05, 3.63) is 23.8 Å². The predicted molar refractivity (Wildman–Crippen MR) is 68.4 cm³/mol. The molecule has 0 aliphatic rings. The Balaban J connectivity index is 2.98. The van der Waals surface area contributed by atoms with E-state index in [2.05, 4.69) is 12.2 Å². The Morgan fingerprint density at radius 1 is 1.35 bits per heavy atom. The SMILES string of the molecule is CCCC(C)(C)Nc1ccc(N)cc1C(F)F. The second kappa shape index (κ2) is 5.34. The lowest BCUT2D eigenvalue weighted by molar-refractivity contribution is 0.152. The lowest BCUT2D eigenvalue weighted by Crippen LogP contribution is -2.31. The molecule has 1 aromatic carbocycles. The van der Waals surface area contributed by atoms with E-state index < -0.39 is 6.43 Å². The van der Waals surface area contributed by atoms with E-state index in [1.165, 1.54) is 6.07 Å². The summed E-state index contributed by atoms with van der Waals surface area (Å²) in [5, 5.41) is 3.16. The lowest BCUT2D eigenvalue weighted by atomic mass is 9.97. The summed E-state index contributed by atoms with van der Waals surface area (Å²) in [6.07, 6.45) is -0.600. The number of anilines is 2. The number of nitrogens with one attached hydrogen (secondary N) is 1. The van der Waals surface area contributed by atoms with Crippen LogP contribution in [0.2, 0.25) is 0 Å². The molecule has 0 fully saturated rings. The highest BCUT2D eigenvalue weighted by Gasteiger charge is 2.20. The Kier molecular flexibility index (Phi) is 4.32. The van der Waals surface area contributed by atoms with E-state index in [-0.39, 0.29) is 11.1 Å². The van der Waals surface area contributed by atoms with Crippen molar-refractivity contribution in [3.63, 3.8) is 0 Å². The summed E-state index contributed by atoms with van der Waals surface area (Å²) in [5.41, 5.74) is 6.12. The second-order valence-electron chi connectivity index (χ2n) is 4.91. The molecule has 0 radical (unpaired) electrons. The van der Waals surface area contributed by atoms with Gasteiger partial charge in [-0.3, -0.25) is 0 Å². The minimum Gasteiger partial charge on any atom is -0.399 e. The molecule has 1 rings (SSSR count). The van der Waals surface area contributed by atoms with Crippen LogP contribution < -0.4 is 11.1 Å². The molecule has 0 saturated heterocycles. The Morgan fingerprint density at radius 3 is 2.53 bits per heavy atom. The predicted octanol–water partition coefficient (Wildman–Crippen LogP) is 4.20. The van der Waals surface area contributed by atoms with Gasteiger partial charge in [0, 0.05) is 22.5 Å². The van der Waals surface area contributed by atoms with Crippen molar-refractivity contribution >= 4 is 11.4 Å². The molecule has 0 bridgehead atoms. The standard InChI is InChI=1S/C13H20F2N2/c1-4-7-13(2,3)17-11-6-5-9(16)8-10(11)12(14)15/h5-6,8,12,17H,4,7,16H2,1-3H3. The summed E-state index contributed by atoms with van der Waals surface area (Å²) < 4.78 is 25.7. The first kappa shape index (κ1) is 13.7. The van der Waals surface area contributed by atoms with Gasteiger partial charge in [0.25, 0.3) is 6.43 Å². The molecule has 0 heterocycles. The van der Waals surface area contributed by atoms with Gasteiger partial charge in [-0.2, -0.15) is 0 Å². The van der Waals surface area contributed by atoms with Gasteiger partial charge in [-0.25, -0.2) is 8.78 Å². The first-order valence-corrected chi connectivity index (χ1v) is 5.81. The number of benzene rings is 1. The van der Waals surface area contributed by atoms with Crippen LogP contribution in [-0.4, -0.2) is 5.54 Å². The molecule has 0 amide bonds. The van der Waals surface area contributed by atoms with Crippen LogP contribution >= 0.6 is 0 Å². The van der Waals surface area contributed by atoms with E-state index in [4.69, 9.17) is 5.73 Å². The van der Waals surface area contributed by atoms with E-state index in [0.29, 0.717) is 11.4 Å². The normalized spacial score (nSPS) is 11.9. The fourth-order valence-corrected chi connectivity index (χ4v) is 1.93. The van der Waals surface area contributed by atoms with E-state index >= 15 is 0 Å². The van der Waals surface area contributed by atoms with Crippen molar-refractivity contribution in [2.24, 2.45) is 0 Å². The maximum Gasteiger partial charge on any atom is 0.265 e. The maximum absolute atomic E-state index is 12.9. The average Bonchev–Trinajstić information content (AvgIpc) is 2.20. The minimum absolute atomic E-state index is 0.0332. The summed E-state index contributed by atoms with van der Waals surface area (Å²) in [4.78, 5) is 0. The van der Waals surface area contributed by atoms with Gasteiger partial charge >= 0.3 is 0 Å². The summed E-state index contributed by atoms with van der Waals surface area (Å²) in [6.45, 7) is 6.07. The topological polar surface area (TPSA) is 38.0 Å². The highest BCUT2D eigenvalue weighted by atomic mass is 19.3. The molecule has 0 aliphatic carbocycles.